The number of aryl methyl sites for hydroxylation is 2. The summed E-state index contributed by atoms with van der Waals surface area (Å²) in [5.74, 6) is 1.13. The fourth-order valence-corrected chi connectivity index (χ4v) is 5.32. The highest BCUT2D eigenvalue weighted by Crippen LogP contribution is 2.31. The molecule has 2 aliphatic rings. The summed E-state index contributed by atoms with van der Waals surface area (Å²) in [6.45, 7) is 2.36. The predicted octanol–water partition coefficient (Wildman–Crippen LogP) is 2.98. The molecule has 11 nitrogen and oxygen atoms in total. The quantitative estimate of drug-likeness (QED) is 0.516. The Balaban J connectivity index is 1.32. The average molecular weight is 481 g/mol. The van der Waals surface area contributed by atoms with Crippen LogP contribution in [0.15, 0.2) is 12.1 Å². The number of ether oxygens (including phenoxy) is 1. The average Bonchev–Trinajstić information content (AvgIpc) is 3.59. The second-order valence-electron chi connectivity index (χ2n) is 9.84. The molecule has 5 rings (SSSR count). The number of pyridine rings is 1. The van der Waals surface area contributed by atoms with Gasteiger partial charge < -0.3 is 9.84 Å². The van der Waals surface area contributed by atoms with E-state index in [1.807, 2.05) is 30.8 Å². The van der Waals surface area contributed by atoms with Gasteiger partial charge in [0.2, 0.25) is 0 Å². The van der Waals surface area contributed by atoms with Gasteiger partial charge in [0.15, 0.2) is 5.82 Å². The maximum atomic E-state index is 11.4. The van der Waals surface area contributed by atoms with Crippen molar-refractivity contribution in [2.45, 2.75) is 77.4 Å². The van der Waals surface area contributed by atoms with E-state index in [-0.39, 0.29) is 12.0 Å². The highest BCUT2D eigenvalue weighted by atomic mass is 16.5. The first-order chi connectivity index (χ1) is 17.0. The summed E-state index contributed by atoms with van der Waals surface area (Å²) in [6.07, 6.45) is 8.78. The summed E-state index contributed by atoms with van der Waals surface area (Å²) in [7, 11) is 1.86. The van der Waals surface area contributed by atoms with Gasteiger partial charge in [0.25, 0.3) is 0 Å². The SMILES string of the molecule is Cc1nc(-c2nnn(C)c2Cn2nnnc2CC2CCCC2)ccc1O[C@H]1CCC[C@H](C(=O)O)C1. The molecule has 2 atom stereocenters. The van der Waals surface area contributed by atoms with E-state index in [2.05, 4.69) is 25.8 Å². The van der Waals surface area contributed by atoms with Gasteiger partial charge in [0, 0.05) is 13.5 Å². The van der Waals surface area contributed by atoms with E-state index in [0.717, 1.165) is 36.5 Å². The Bertz CT molecular complexity index is 1180. The molecule has 2 saturated carbocycles. The second kappa shape index (κ2) is 10.1. The topological polar surface area (TPSA) is 134 Å². The standard InChI is InChI=1S/C24H32N8O3/c1-15-21(35-18-9-5-8-17(13-18)24(33)34)11-10-19(25-15)23-20(31(2)29-27-23)14-32-22(26-28-30-32)12-16-6-3-4-7-16/h10-11,16-18H,3-9,12-14H2,1-2H3,(H,33,34)/t17-,18-/m0/s1. The molecule has 186 valence electrons. The van der Waals surface area contributed by atoms with Crippen molar-refractivity contribution in [2.24, 2.45) is 18.9 Å². The summed E-state index contributed by atoms with van der Waals surface area (Å²) in [5, 5.41) is 30.4. The number of aromatic nitrogens is 8. The lowest BCUT2D eigenvalue weighted by atomic mass is 9.87. The van der Waals surface area contributed by atoms with Crippen molar-refractivity contribution < 1.29 is 14.6 Å². The highest BCUT2D eigenvalue weighted by molar-refractivity contribution is 5.70. The van der Waals surface area contributed by atoms with E-state index < -0.39 is 5.97 Å². The van der Waals surface area contributed by atoms with Crippen LogP contribution in [0.3, 0.4) is 0 Å². The minimum absolute atomic E-state index is 0.110. The Kier molecular flexibility index (Phi) is 6.74. The van der Waals surface area contributed by atoms with Crippen molar-refractivity contribution in [1.82, 2.24) is 40.2 Å². The van der Waals surface area contributed by atoms with E-state index in [1.54, 1.807) is 4.68 Å². The number of carbonyl (C=O) groups is 1. The summed E-state index contributed by atoms with van der Waals surface area (Å²) in [6, 6.07) is 3.77. The largest absolute Gasteiger partial charge is 0.489 e. The molecule has 2 aliphatic carbocycles. The van der Waals surface area contributed by atoms with Crippen LogP contribution >= 0.6 is 0 Å². The fraction of sp³-hybridized carbons (Fsp3) is 0.625. The van der Waals surface area contributed by atoms with E-state index in [4.69, 9.17) is 9.72 Å². The molecule has 0 aromatic carbocycles. The van der Waals surface area contributed by atoms with E-state index in [1.165, 1.54) is 25.7 Å². The zero-order valence-electron chi connectivity index (χ0n) is 20.3. The van der Waals surface area contributed by atoms with Gasteiger partial charge in [-0.05, 0) is 61.1 Å². The van der Waals surface area contributed by atoms with Crippen LogP contribution in [0.5, 0.6) is 5.75 Å². The van der Waals surface area contributed by atoms with Crippen LogP contribution in [-0.4, -0.2) is 57.4 Å². The zero-order valence-corrected chi connectivity index (χ0v) is 20.3. The van der Waals surface area contributed by atoms with Gasteiger partial charge in [0.1, 0.15) is 11.4 Å². The van der Waals surface area contributed by atoms with Crippen molar-refractivity contribution in [2.75, 3.05) is 0 Å². The van der Waals surface area contributed by atoms with Crippen LogP contribution in [0.1, 0.15) is 68.6 Å². The molecular weight excluding hydrogens is 448 g/mol. The third kappa shape index (κ3) is 5.18. The molecule has 2 fully saturated rings. The smallest absolute Gasteiger partial charge is 0.306 e. The second-order valence-corrected chi connectivity index (χ2v) is 9.84. The Morgan fingerprint density at radius 3 is 2.71 bits per heavy atom. The predicted molar refractivity (Wildman–Crippen MR) is 126 cm³/mol. The summed E-state index contributed by atoms with van der Waals surface area (Å²) < 4.78 is 9.74. The molecule has 0 radical (unpaired) electrons. The lowest BCUT2D eigenvalue weighted by Gasteiger charge is -2.27. The molecule has 0 bridgehead atoms. The minimum atomic E-state index is -0.743. The van der Waals surface area contributed by atoms with Gasteiger partial charge in [-0.2, -0.15) is 0 Å². The number of nitrogens with zero attached hydrogens (tertiary/aromatic N) is 8. The first-order valence-electron chi connectivity index (χ1n) is 12.5. The Morgan fingerprint density at radius 2 is 1.94 bits per heavy atom. The van der Waals surface area contributed by atoms with Crippen LogP contribution in [0, 0.1) is 18.8 Å². The summed E-state index contributed by atoms with van der Waals surface area (Å²) in [5.41, 5.74) is 3.01. The van der Waals surface area contributed by atoms with Crippen LogP contribution in [0.4, 0.5) is 0 Å². The Morgan fingerprint density at radius 1 is 1.11 bits per heavy atom. The molecule has 0 aliphatic heterocycles. The number of aliphatic carboxylic acids is 1. The van der Waals surface area contributed by atoms with Crippen molar-refractivity contribution >= 4 is 5.97 Å². The van der Waals surface area contributed by atoms with Crippen molar-refractivity contribution in [3.63, 3.8) is 0 Å². The molecule has 0 saturated heterocycles. The van der Waals surface area contributed by atoms with Crippen molar-refractivity contribution in [3.8, 4) is 17.1 Å². The van der Waals surface area contributed by atoms with Gasteiger partial charge in [-0.15, -0.1) is 10.2 Å². The molecule has 1 N–H and O–H groups in total. The van der Waals surface area contributed by atoms with Crippen LogP contribution in [0.2, 0.25) is 0 Å². The molecule has 0 amide bonds. The number of rotatable bonds is 8. The Labute approximate surface area is 203 Å². The highest BCUT2D eigenvalue weighted by Gasteiger charge is 2.29. The molecule has 0 unspecified atom stereocenters. The van der Waals surface area contributed by atoms with Crippen LogP contribution < -0.4 is 4.74 Å². The van der Waals surface area contributed by atoms with Gasteiger partial charge in [-0.25, -0.2) is 14.3 Å². The number of tetrazole rings is 1. The van der Waals surface area contributed by atoms with E-state index in [0.29, 0.717) is 42.4 Å². The normalized spacial score (nSPS) is 20.9. The fourth-order valence-electron chi connectivity index (χ4n) is 5.32. The first kappa shape index (κ1) is 23.4. The van der Waals surface area contributed by atoms with Gasteiger partial charge in [-0.3, -0.25) is 4.79 Å². The number of hydrogen-bond acceptors (Lipinski definition) is 8. The summed E-state index contributed by atoms with van der Waals surface area (Å²) >= 11 is 0. The molecule has 11 heteroatoms. The third-order valence-corrected chi connectivity index (χ3v) is 7.34. The summed E-state index contributed by atoms with van der Waals surface area (Å²) in [4.78, 5) is 16.1. The maximum Gasteiger partial charge on any atom is 0.306 e. The number of hydrogen-bond donors (Lipinski definition) is 1. The number of carboxylic acids is 1. The molecule has 0 spiro atoms. The molecule has 35 heavy (non-hydrogen) atoms. The zero-order chi connectivity index (χ0) is 24.4. The molecule has 3 aromatic rings. The van der Waals surface area contributed by atoms with E-state index >= 15 is 0 Å². The van der Waals surface area contributed by atoms with Crippen LogP contribution in [0.25, 0.3) is 11.4 Å². The molecule has 3 aromatic heterocycles. The maximum absolute atomic E-state index is 11.4. The third-order valence-electron chi connectivity index (χ3n) is 7.34. The molecule has 3 heterocycles. The van der Waals surface area contributed by atoms with Crippen molar-refractivity contribution in [1.29, 1.82) is 0 Å². The van der Waals surface area contributed by atoms with Crippen LogP contribution in [-0.2, 0) is 24.8 Å². The monoisotopic (exact) mass is 480 g/mol. The lowest BCUT2D eigenvalue weighted by Crippen LogP contribution is -2.29. The minimum Gasteiger partial charge on any atom is -0.489 e. The van der Waals surface area contributed by atoms with Gasteiger partial charge >= 0.3 is 5.97 Å². The first-order valence-corrected chi connectivity index (χ1v) is 12.5. The van der Waals surface area contributed by atoms with Gasteiger partial charge in [0.05, 0.1) is 35.6 Å². The lowest BCUT2D eigenvalue weighted by molar-refractivity contribution is -0.143. The van der Waals surface area contributed by atoms with Crippen molar-refractivity contribution in [3.05, 3.63) is 29.3 Å². The number of carboxylic acid groups (broad SMARTS) is 1. The van der Waals surface area contributed by atoms with Gasteiger partial charge in [-0.1, -0.05) is 30.9 Å². The van der Waals surface area contributed by atoms with E-state index in [9.17, 15) is 9.90 Å². The molecular formula is C24H32N8O3. The Hall–Kier alpha value is -3.37.